The number of aromatic amines is 1. The van der Waals surface area contributed by atoms with Crippen LogP contribution in [-0.4, -0.2) is 22.5 Å². The molecule has 0 radical (unpaired) electrons. The van der Waals surface area contributed by atoms with Gasteiger partial charge in [0.15, 0.2) is 11.6 Å². The first-order valence-corrected chi connectivity index (χ1v) is 8.11. The summed E-state index contributed by atoms with van der Waals surface area (Å²) in [6, 6.07) is 19.3. The van der Waals surface area contributed by atoms with Crippen molar-refractivity contribution in [3.63, 3.8) is 0 Å². The van der Waals surface area contributed by atoms with E-state index in [0.717, 1.165) is 27.9 Å². The Kier molecular flexibility index (Phi) is 6.66. The zero-order valence-corrected chi connectivity index (χ0v) is 16.2. The van der Waals surface area contributed by atoms with Crippen LogP contribution in [0.2, 0.25) is 0 Å². The highest BCUT2D eigenvalue weighted by Gasteiger charge is 2.11. The van der Waals surface area contributed by atoms with Crippen molar-refractivity contribution in [3.8, 4) is 22.9 Å². The molecule has 5 nitrogen and oxygen atoms in total. The van der Waals surface area contributed by atoms with Crippen LogP contribution in [0.3, 0.4) is 0 Å². The fourth-order valence-electron chi connectivity index (χ4n) is 2.70. The van der Waals surface area contributed by atoms with Crippen molar-refractivity contribution in [2.75, 3.05) is 6.61 Å². The van der Waals surface area contributed by atoms with E-state index < -0.39 is 0 Å². The minimum Gasteiger partial charge on any atom is -0.478 e. The largest absolute Gasteiger partial charge is 0.478 e. The number of imidazole rings is 1. The van der Waals surface area contributed by atoms with E-state index in [9.17, 15) is 0 Å². The molecule has 27 heavy (non-hydrogen) atoms. The van der Waals surface area contributed by atoms with Crippen LogP contribution >= 0.6 is 24.8 Å². The number of nitrogens with one attached hydrogen (secondary N) is 2. The van der Waals surface area contributed by atoms with Crippen molar-refractivity contribution in [2.24, 2.45) is 0 Å². The van der Waals surface area contributed by atoms with Gasteiger partial charge in [-0.1, -0.05) is 24.3 Å². The van der Waals surface area contributed by atoms with Crippen molar-refractivity contribution >= 4 is 41.7 Å². The van der Waals surface area contributed by atoms with Gasteiger partial charge >= 0.3 is 0 Å². The third-order valence-corrected chi connectivity index (χ3v) is 3.95. The molecule has 2 aromatic carbocycles. The fourth-order valence-corrected chi connectivity index (χ4v) is 2.70. The molecule has 0 saturated carbocycles. The number of ether oxygens (including phenoxy) is 1. The molecule has 0 amide bonds. The zero-order valence-electron chi connectivity index (χ0n) is 14.6. The molecular weight excluding hydrogens is 385 g/mol. The van der Waals surface area contributed by atoms with Crippen LogP contribution < -0.4 is 0 Å². The Morgan fingerprint density at radius 1 is 1.00 bits per heavy atom. The predicted octanol–water partition coefficient (Wildman–Crippen LogP) is 5.70. The molecule has 4 rings (SSSR count). The number of furan rings is 1. The topological polar surface area (TPSA) is 74.9 Å². The second kappa shape index (κ2) is 8.75. The number of hydrogen-bond donors (Lipinski definition) is 2. The maximum absolute atomic E-state index is 7.82. The average molecular weight is 404 g/mol. The third-order valence-electron chi connectivity index (χ3n) is 3.95. The van der Waals surface area contributed by atoms with Crippen LogP contribution in [0, 0.1) is 5.41 Å². The highest BCUT2D eigenvalue weighted by molar-refractivity contribution is 5.92. The summed E-state index contributed by atoms with van der Waals surface area (Å²) in [6.07, 6.45) is 0. The summed E-state index contributed by atoms with van der Waals surface area (Å²) in [5, 5.41) is 7.82. The van der Waals surface area contributed by atoms with E-state index in [1.165, 1.54) is 0 Å². The summed E-state index contributed by atoms with van der Waals surface area (Å²) in [5.41, 5.74) is 3.58. The van der Waals surface area contributed by atoms with E-state index in [-0.39, 0.29) is 30.7 Å². The van der Waals surface area contributed by atoms with Crippen molar-refractivity contribution < 1.29 is 9.15 Å². The zero-order chi connectivity index (χ0) is 17.2. The standard InChI is InChI=1S/C20H17N3O2.2ClH/c1-2-24-19(21)14-9-7-13(8-10-14)17-11-12-18(25-17)20-22-15-5-3-4-6-16(15)23-20;;/h3-12,21H,2H2,1H3,(H,22,23);2*1H. The van der Waals surface area contributed by atoms with Crippen LogP contribution in [0.4, 0.5) is 0 Å². The smallest absolute Gasteiger partial charge is 0.213 e. The highest BCUT2D eigenvalue weighted by atomic mass is 35.5. The van der Waals surface area contributed by atoms with E-state index in [4.69, 9.17) is 14.6 Å². The van der Waals surface area contributed by atoms with Gasteiger partial charge in [-0.15, -0.1) is 24.8 Å². The van der Waals surface area contributed by atoms with Crippen LogP contribution in [0.25, 0.3) is 33.9 Å². The normalized spacial score (nSPS) is 10.1. The molecule has 0 unspecified atom stereocenters. The maximum atomic E-state index is 7.82. The van der Waals surface area contributed by atoms with E-state index in [1.807, 2.05) is 67.6 Å². The molecule has 4 aromatic rings. The Hall–Kier alpha value is -2.76. The van der Waals surface area contributed by atoms with Gasteiger partial charge in [0.25, 0.3) is 0 Å². The van der Waals surface area contributed by atoms with E-state index in [1.54, 1.807) is 0 Å². The quantitative estimate of drug-likeness (QED) is 0.339. The molecule has 2 heterocycles. The summed E-state index contributed by atoms with van der Waals surface area (Å²) in [6.45, 7) is 2.35. The van der Waals surface area contributed by atoms with Crippen LogP contribution in [0.5, 0.6) is 0 Å². The van der Waals surface area contributed by atoms with Crippen LogP contribution in [0.1, 0.15) is 12.5 Å². The summed E-state index contributed by atoms with van der Waals surface area (Å²) >= 11 is 0. The van der Waals surface area contributed by atoms with Crippen molar-refractivity contribution in [1.82, 2.24) is 9.97 Å². The second-order valence-corrected chi connectivity index (χ2v) is 5.61. The number of rotatable bonds is 4. The number of aromatic nitrogens is 2. The van der Waals surface area contributed by atoms with Gasteiger partial charge in [-0.25, -0.2) is 4.98 Å². The molecule has 2 N–H and O–H groups in total. The molecule has 0 aliphatic carbocycles. The van der Waals surface area contributed by atoms with Crippen LogP contribution in [0.15, 0.2) is 65.1 Å². The van der Waals surface area contributed by atoms with Gasteiger partial charge in [0.1, 0.15) is 5.76 Å². The number of hydrogen-bond acceptors (Lipinski definition) is 4. The number of benzene rings is 2. The summed E-state index contributed by atoms with van der Waals surface area (Å²) in [7, 11) is 0. The molecule has 7 heteroatoms. The first-order chi connectivity index (χ1) is 12.2. The Morgan fingerprint density at radius 2 is 1.70 bits per heavy atom. The predicted molar refractivity (Wildman–Crippen MR) is 112 cm³/mol. The van der Waals surface area contributed by atoms with Crippen molar-refractivity contribution in [1.29, 1.82) is 5.41 Å². The Morgan fingerprint density at radius 3 is 2.41 bits per heavy atom. The SMILES string of the molecule is CCOC(=N)c1ccc(-c2ccc(-c3nc4ccccc4[nH]3)o2)cc1.Cl.Cl. The van der Waals surface area contributed by atoms with Gasteiger partial charge in [0.05, 0.1) is 17.6 Å². The van der Waals surface area contributed by atoms with Gasteiger partial charge in [-0.2, -0.15) is 0 Å². The lowest BCUT2D eigenvalue weighted by atomic mass is 10.1. The van der Waals surface area contributed by atoms with Gasteiger partial charge in [0.2, 0.25) is 5.90 Å². The lowest BCUT2D eigenvalue weighted by Crippen LogP contribution is -2.04. The van der Waals surface area contributed by atoms with E-state index in [0.29, 0.717) is 18.2 Å². The monoisotopic (exact) mass is 403 g/mol. The molecule has 0 saturated heterocycles. The third kappa shape index (κ3) is 4.15. The van der Waals surface area contributed by atoms with Crippen molar-refractivity contribution in [3.05, 3.63) is 66.2 Å². The summed E-state index contributed by atoms with van der Waals surface area (Å²) in [5.74, 6) is 2.33. The fraction of sp³-hybridized carbons (Fsp3) is 0.100. The molecule has 0 spiro atoms. The molecule has 140 valence electrons. The van der Waals surface area contributed by atoms with Crippen molar-refractivity contribution in [2.45, 2.75) is 6.92 Å². The Bertz CT molecular complexity index is 1010. The Balaban J connectivity index is 0.00000131. The molecule has 0 aliphatic heterocycles. The molecule has 2 aromatic heterocycles. The number of para-hydroxylation sites is 2. The lowest BCUT2D eigenvalue weighted by molar-refractivity contribution is 0.325. The minimum atomic E-state index is 0. The minimum absolute atomic E-state index is 0. The second-order valence-electron chi connectivity index (χ2n) is 5.61. The molecule has 0 bridgehead atoms. The number of nitrogens with zero attached hydrogens (tertiary/aromatic N) is 1. The van der Waals surface area contributed by atoms with E-state index in [2.05, 4.69) is 9.97 Å². The van der Waals surface area contributed by atoms with Gasteiger partial charge in [-0.05, 0) is 43.3 Å². The Labute approximate surface area is 169 Å². The van der Waals surface area contributed by atoms with Gasteiger partial charge < -0.3 is 14.1 Å². The maximum Gasteiger partial charge on any atom is 0.213 e. The molecule has 0 aliphatic rings. The van der Waals surface area contributed by atoms with Gasteiger partial charge in [-0.3, -0.25) is 5.41 Å². The molecule has 0 atom stereocenters. The first kappa shape index (κ1) is 20.6. The number of H-pyrrole nitrogens is 1. The lowest BCUT2D eigenvalue weighted by Gasteiger charge is -2.05. The van der Waals surface area contributed by atoms with Crippen LogP contribution in [-0.2, 0) is 4.74 Å². The van der Waals surface area contributed by atoms with E-state index >= 15 is 0 Å². The molecular formula is C20H19Cl2N3O2. The average Bonchev–Trinajstić information content (AvgIpc) is 3.29. The first-order valence-electron chi connectivity index (χ1n) is 8.11. The number of fused-ring (bicyclic) bond motifs is 1. The summed E-state index contributed by atoms with van der Waals surface area (Å²) in [4.78, 5) is 7.82. The number of halogens is 2. The molecule has 0 fully saturated rings. The summed E-state index contributed by atoms with van der Waals surface area (Å²) < 4.78 is 11.2. The highest BCUT2D eigenvalue weighted by Crippen LogP contribution is 2.28. The van der Waals surface area contributed by atoms with Gasteiger partial charge in [0, 0.05) is 11.1 Å².